The van der Waals surface area contributed by atoms with Gasteiger partial charge in [0.15, 0.2) is 5.78 Å². The summed E-state index contributed by atoms with van der Waals surface area (Å²) >= 11 is 0. The first-order valence-electron chi connectivity index (χ1n) is 6.69. The molecule has 0 aliphatic rings. The molecule has 0 aliphatic heterocycles. The van der Waals surface area contributed by atoms with E-state index in [1.165, 1.54) is 38.1 Å². The smallest absolute Gasteiger partial charge is 0.241 e. The molecule has 0 saturated carbocycles. The number of amides is 1. The van der Waals surface area contributed by atoms with Crippen molar-refractivity contribution in [1.29, 1.82) is 0 Å². The lowest BCUT2D eigenvalue weighted by Crippen LogP contribution is -2.44. The van der Waals surface area contributed by atoms with Crippen molar-refractivity contribution in [2.75, 3.05) is 6.54 Å². The molecule has 0 heterocycles. The van der Waals surface area contributed by atoms with Gasteiger partial charge in [0.05, 0.1) is 10.9 Å². The van der Waals surface area contributed by atoms with Gasteiger partial charge in [-0.2, -0.15) is 4.72 Å². The van der Waals surface area contributed by atoms with Crippen LogP contribution in [-0.4, -0.2) is 32.7 Å². The normalized spacial score (nSPS) is 12.7. The summed E-state index contributed by atoms with van der Waals surface area (Å²) in [4.78, 5) is 22.8. The van der Waals surface area contributed by atoms with Gasteiger partial charge in [0, 0.05) is 12.1 Å². The zero-order chi connectivity index (χ0) is 16.0. The van der Waals surface area contributed by atoms with Gasteiger partial charge in [0.25, 0.3) is 0 Å². The Balaban J connectivity index is 2.81. The van der Waals surface area contributed by atoms with Crippen LogP contribution in [0.15, 0.2) is 29.2 Å². The van der Waals surface area contributed by atoms with Gasteiger partial charge in [-0.1, -0.05) is 19.1 Å². The molecule has 21 heavy (non-hydrogen) atoms. The van der Waals surface area contributed by atoms with Gasteiger partial charge in [-0.25, -0.2) is 8.42 Å². The van der Waals surface area contributed by atoms with E-state index in [9.17, 15) is 18.0 Å². The number of Topliss-reactive ketones (excluding diaryl/α,β-unsaturated/α-hetero) is 1. The Morgan fingerprint density at radius 3 is 2.24 bits per heavy atom. The van der Waals surface area contributed by atoms with Crippen LogP contribution in [0, 0.1) is 0 Å². The van der Waals surface area contributed by atoms with E-state index in [0.717, 1.165) is 6.42 Å². The van der Waals surface area contributed by atoms with Crippen LogP contribution >= 0.6 is 0 Å². The van der Waals surface area contributed by atoms with E-state index in [2.05, 4.69) is 10.0 Å². The Labute approximate surface area is 125 Å². The number of hydrogen-bond donors (Lipinski definition) is 2. The van der Waals surface area contributed by atoms with E-state index in [0.29, 0.717) is 12.1 Å². The molecular weight excluding hydrogens is 292 g/mol. The first kappa shape index (κ1) is 17.3. The monoisotopic (exact) mass is 312 g/mol. The van der Waals surface area contributed by atoms with E-state index in [1.54, 1.807) is 0 Å². The van der Waals surface area contributed by atoms with Gasteiger partial charge in [0.1, 0.15) is 0 Å². The summed E-state index contributed by atoms with van der Waals surface area (Å²) < 4.78 is 26.6. The maximum Gasteiger partial charge on any atom is 0.241 e. The molecule has 0 spiro atoms. The molecule has 0 fully saturated rings. The van der Waals surface area contributed by atoms with Crippen molar-refractivity contribution in [3.63, 3.8) is 0 Å². The average Bonchev–Trinajstić information content (AvgIpc) is 2.44. The Bertz CT molecular complexity index is 608. The number of rotatable bonds is 7. The van der Waals surface area contributed by atoms with Crippen LogP contribution in [0.5, 0.6) is 0 Å². The number of nitrogens with one attached hydrogen (secondary N) is 2. The van der Waals surface area contributed by atoms with E-state index >= 15 is 0 Å². The van der Waals surface area contributed by atoms with Crippen LogP contribution in [0.2, 0.25) is 0 Å². The summed E-state index contributed by atoms with van der Waals surface area (Å²) in [6.07, 6.45) is 0.776. The van der Waals surface area contributed by atoms with Gasteiger partial charge in [-0.15, -0.1) is 0 Å². The van der Waals surface area contributed by atoms with Crippen molar-refractivity contribution in [2.24, 2.45) is 0 Å². The maximum atomic E-state index is 12.1. The minimum absolute atomic E-state index is 0.0163. The lowest BCUT2D eigenvalue weighted by Gasteiger charge is -2.14. The van der Waals surface area contributed by atoms with E-state index in [-0.39, 0.29) is 16.6 Å². The van der Waals surface area contributed by atoms with Crippen LogP contribution in [-0.2, 0) is 14.8 Å². The number of carbonyl (C=O) groups excluding carboxylic acids is 2. The number of benzene rings is 1. The zero-order valence-electron chi connectivity index (χ0n) is 12.3. The van der Waals surface area contributed by atoms with Gasteiger partial charge in [0.2, 0.25) is 15.9 Å². The van der Waals surface area contributed by atoms with E-state index < -0.39 is 16.1 Å². The van der Waals surface area contributed by atoms with Crippen LogP contribution in [0.3, 0.4) is 0 Å². The summed E-state index contributed by atoms with van der Waals surface area (Å²) in [6, 6.07) is 4.71. The Morgan fingerprint density at radius 1 is 1.19 bits per heavy atom. The standard InChI is InChI=1S/C14H20N2O4S/c1-4-9-15-14(18)10(2)16-21(19,20)13-7-5-12(6-8-13)11(3)17/h5-8,10,16H,4,9H2,1-3H3,(H,15,18)/t10-/m1/s1. The highest BCUT2D eigenvalue weighted by Gasteiger charge is 2.21. The largest absolute Gasteiger partial charge is 0.355 e. The van der Waals surface area contributed by atoms with Crippen molar-refractivity contribution >= 4 is 21.7 Å². The average molecular weight is 312 g/mol. The molecule has 0 aliphatic carbocycles. The third-order valence-corrected chi connectivity index (χ3v) is 4.40. The maximum absolute atomic E-state index is 12.1. The first-order chi connectivity index (χ1) is 9.77. The molecule has 0 unspecified atom stereocenters. The van der Waals surface area contributed by atoms with E-state index in [4.69, 9.17) is 0 Å². The fourth-order valence-corrected chi connectivity index (χ4v) is 2.83. The summed E-state index contributed by atoms with van der Waals surface area (Å²) in [5.41, 5.74) is 0.433. The summed E-state index contributed by atoms with van der Waals surface area (Å²) in [7, 11) is -3.79. The highest BCUT2D eigenvalue weighted by molar-refractivity contribution is 7.89. The fraction of sp³-hybridized carbons (Fsp3) is 0.429. The summed E-state index contributed by atoms with van der Waals surface area (Å²) in [5.74, 6) is -0.514. The molecule has 0 bridgehead atoms. The topological polar surface area (TPSA) is 92.3 Å². The first-order valence-corrected chi connectivity index (χ1v) is 8.17. The Kier molecular flexibility index (Phi) is 6.04. The van der Waals surface area contributed by atoms with Crippen LogP contribution in [0.4, 0.5) is 0 Å². The molecule has 116 valence electrons. The van der Waals surface area contributed by atoms with Crippen molar-refractivity contribution < 1.29 is 18.0 Å². The second-order valence-electron chi connectivity index (χ2n) is 4.71. The molecule has 1 atom stereocenters. The highest BCUT2D eigenvalue weighted by atomic mass is 32.2. The zero-order valence-corrected chi connectivity index (χ0v) is 13.2. The lowest BCUT2D eigenvalue weighted by molar-refractivity contribution is -0.122. The van der Waals surface area contributed by atoms with Gasteiger partial charge in [-0.3, -0.25) is 9.59 Å². The Hall–Kier alpha value is -1.73. The number of hydrogen-bond acceptors (Lipinski definition) is 4. The number of ketones is 1. The molecule has 6 nitrogen and oxygen atoms in total. The van der Waals surface area contributed by atoms with Crippen molar-refractivity contribution in [2.45, 2.75) is 38.1 Å². The van der Waals surface area contributed by atoms with Crippen molar-refractivity contribution in [3.8, 4) is 0 Å². The second kappa shape index (κ2) is 7.33. The molecular formula is C14H20N2O4S. The SMILES string of the molecule is CCCNC(=O)[C@@H](C)NS(=O)(=O)c1ccc(C(C)=O)cc1. The van der Waals surface area contributed by atoms with Crippen LogP contribution < -0.4 is 10.0 Å². The minimum Gasteiger partial charge on any atom is -0.355 e. The molecule has 1 aromatic rings. The number of carbonyl (C=O) groups is 2. The van der Waals surface area contributed by atoms with E-state index in [1.807, 2.05) is 6.92 Å². The quantitative estimate of drug-likeness (QED) is 0.737. The predicted molar refractivity (Wildman–Crippen MR) is 79.5 cm³/mol. The molecule has 7 heteroatoms. The third kappa shape index (κ3) is 4.95. The van der Waals surface area contributed by atoms with Crippen LogP contribution in [0.1, 0.15) is 37.6 Å². The van der Waals surface area contributed by atoms with Crippen LogP contribution in [0.25, 0.3) is 0 Å². The summed E-state index contributed by atoms with van der Waals surface area (Å²) in [5, 5.41) is 2.62. The van der Waals surface area contributed by atoms with Gasteiger partial charge >= 0.3 is 0 Å². The second-order valence-corrected chi connectivity index (χ2v) is 6.43. The molecule has 0 aromatic heterocycles. The molecule has 1 aromatic carbocycles. The lowest BCUT2D eigenvalue weighted by atomic mass is 10.2. The number of sulfonamides is 1. The van der Waals surface area contributed by atoms with Crippen molar-refractivity contribution in [3.05, 3.63) is 29.8 Å². The molecule has 0 radical (unpaired) electrons. The fourth-order valence-electron chi connectivity index (χ4n) is 1.62. The van der Waals surface area contributed by atoms with Gasteiger partial charge in [-0.05, 0) is 32.4 Å². The highest BCUT2D eigenvalue weighted by Crippen LogP contribution is 2.11. The summed E-state index contributed by atoms with van der Waals surface area (Å²) in [6.45, 7) is 5.29. The molecule has 1 amide bonds. The van der Waals surface area contributed by atoms with Crippen molar-refractivity contribution in [1.82, 2.24) is 10.0 Å². The third-order valence-electron chi connectivity index (χ3n) is 2.85. The van der Waals surface area contributed by atoms with Gasteiger partial charge < -0.3 is 5.32 Å². The Morgan fingerprint density at radius 2 is 1.76 bits per heavy atom. The molecule has 1 rings (SSSR count). The minimum atomic E-state index is -3.79. The molecule has 0 saturated heterocycles. The molecule has 2 N–H and O–H groups in total. The predicted octanol–water partition coefficient (Wildman–Crippen LogP) is 1.08.